The number of hydrogen-bond acceptors (Lipinski definition) is 4. The van der Waals surface area contributed by atoms with Crippen LogP contribution >= 0.6 is 0 Å². The second-order valence-electron chi connectivity index (χ2n) is 8.28. The molecule has 144 valence electrons. The maximum Gasteiger partial charge on any atom is 0.123 e. The first kappa shape index (κ1) is 18.4. The summed E-state index contributed by atoms with van der Waals surface area (Å²) in [6, 6.07) is 13.1. The number of hydrogen-bond donors (Lipinski definition) is 3. The van der Waals surface area contributed by atoms with Crippen molar-refractivity contribution in [1.82, 2.24) is 4.90 Å². The number of phenolic OH excluding ortho intramolecular Hbond substituents is 1. The highest BCUT2D eigenvalue weighted by Gasteiger charge is 2.48. The standard InChI is InChI=1S/C22H26FNO3/c23-19-5-1-15(2-6-19)9-22(27)10-17-12-24(13-18(17)11-22)14-21(26)16-3-7-20(25)8-4-16/h1-8,17-18,21,25-27H,9-14H2/t17-,18?,21?,22?/m1/s1. The van der Waals surface area contributed by atoms with Crippen molar-refractivity contribution in [1.29, 1.82) is 0 Å². The van der Waals surface area contributed by atoms with E-state index in [4.69, 9.17) is 0 Å². The molecule has 0 spiro atoms. The molecule has 1 saturated carbocycles. The lowest BCUT2D eigenvalue weighted by molar-refractivity contribution is 0.0328. The molecule has 27 heavy (non-hydrogen) atoms. The van der Waals surface area contributed by atoms with Gasteiger partial charge in [0.05, 0.1) is 11.7 Å². The molecule has 4 rings (SSSR count). The van der Waals surface area contributed by atoms with Gasteiger partial charge in [0.25, 0.3) is 0 Å². The zero-order valence-electron chi connectivity index (χ0n) is 15.3. The molecule has 3 unspecified atom stereocenters. The first-order valence-electron chi connectivity index (χ1n) is 9.56. The summed E-state index contributed by atoms with van der Waals surface area (Å²) in [6.07, 6.45) is 1.49. The molecule has 2 aromatic carbocycles. The monoisotopic (exact) mass is 371 g/mol. The lowest BCUT2D eigenvalue weighted by Crippen LogP contribution is -2.33. The van der Waals surface area contributed by atoms with Gasteiger partial charge >= 0.3 is 0 Å². The van der Waals surface area contributed by atoms with Crippen molar-refractivity contribution in [3.05, 3.63) is 65.5 Å². The molecule has 0 aromatic heterocycles. The van der Waals surface area contributed by atoms with Crippen LogP contribution in [0.4, 0.5) is 4.39 Å². The predicted octanol–water partition coefficient (Wildman–Crippen LogP) is 2.88. The first-order valence-corrected chi connectivity index (χ1v) is 9.56. The zero-order valence-corrected chi connectivity index (χ0v) is 15.3. The van der Waals surface area contributed by atoms with E-state index >= 15 is 0 Å². The Balaban J connectivity index is 1.32. The Bertz CT molecular complexity index is 763. The van der Waals surface area contributed by atoms with Gasteiger partial charge in [0.2, 0.25) is 0 Å². The Kier molecular flexibility index (Phi) is 4.93. The average molecular weight is 371 g/mol. The minimum Gasteiger partial charge on any atom is -0.508 e. The van der Waals surface area contributed by atoms with E-state index < -0.39 is 11.7 Å². The van der Waals surface area contributed by atoms with E-state index in [1.54, 1.807) is 36.4 Å². The van der Waals surface area contributed by atoms with Crippen LogP contribution in [0.25, 0.3) is 0 Å². The Hall–Kier alpha value is -1.95. The number of likely N-dealkylation sites (tertiary alicyclic amines) is 1. The minimum atomic E-state index is -0.713. The van der Waals surface area contributed by atoms with Gasteiger partial charge in [0, 0.05) is 26.1 Å². The maximum absolute atomic E-state index is 13.1. The number of nitrogens with zero attached hydrogens (tertiary/aromatic N) is 1. The van der Waals surface area contributed by atoms with Gasteiger partial charge in [-0.05, 0) is 60.1 Å². The van der Waals surface area contributed by atoms with E-state index in [0.717, 1.165) is 37.1 Å². The van der Waals surface area contributed by atoms with Crippen molar-refractivity contribution < 1.29 is 19.7 Å². The van der Waals surface area contributed by atoms with Crippen LogP contribution in [0.5, 0.6) is 5.75 Å². The zero-order chi connectivity index (χ0) is 19.0. The van der Waals surface area contributed by atoms with Crippen LogP contribution in [0.15, 0.2) is 48.5 Å². The Morgan fingerprint density at radius 2 is 1.59 bits per heavy atom. The molecule has 4 nitrogen and oxygen atoms in total. The van der Waals surface area contributed by atoms with Gasteiger partial charge in [-0.1, -0.05) is 24.3 Å². The Labute approximate surface area is 158 Å². The molecule has 0 radical (unpaired) electrons. The van der Waals surface area contributed by atoms with Crippen molar-refractivity contribution in [3.8, 4) is 5.75 Å². The molecule has 2 aliphatic rings. The van der Waals surface area contributed by atoms with Gasteiger partial charge in [-0.3, -0.25) is 4.90 Å². The predicted molar refractivity (Wildman–Crippen MR) is 101 cm³/mol. The molecular weight excluding hydrogens is 345 g/mol. The molecule has 4 atom stereocenters. The van der Waals surface area contributed by atoms with E-state index in [-0.39, 0.29) is 11.6 Å². The molecule has 2 fully saturated rings. The molecule has 0 amide bonds. The van der Waals surface area contributed by atoms with E-state index in [1.807, 2.05) is 0 Å². The highest BCUT2D eigenvalue weighted by atomic mass is 19.1. The quantitative estimate of drug-likeness (QED) is 0.756. The topological polar surface area (TPSA) is 63.9 Å². The van der Waals surface area contributed by atoms with Crippen LogP contribution in [0.3, 0.4) is 0 Å². The Morgan fingerprint density at radius 3 is 2.19 bits per heavy atom. The number of benzene rings is 2. The fraction of sp³-hybridized carbons (Fsp3) is 0.455. The number of fused-ring (bicyclic) bond motifs is 1. The van der Waals surface area contributed by atoms with E-state index in [0.29, 0.717) is 24.8 Å². The largest absolute Gasteiger partial charge is 0.508 e. The number of β-amino-alcohol motifs (C(OH)–C–C–N with tert-alkyl or cyclic N) is 1. The number of aliphatic hydroxyl groups is 2. The number of rotatable bonds is 5. The summed E-state index contributed by atoms with van der Waals surface area (Å²) in [5.74, 6) is 0.809. The Morgan fingerprint density at radius 1 is 1.00 bits per heavy atom. The van der Waals surface area contributed by atoms with Crippen molar-refractivity contribution in [2.24, 2.45) is 11.8 Å². The molecular formula is C22H26FNO3. The van der Waals surface area contributed by atoms with E-state index in [9.17, 15) is 19.7 Å². The summed E-state index contributed by atoms with van der Waals surface area (Å²) in [4.78, 5) is 2.27. The summed E-state index contributed by atoms with van der Waals surface area (Å²) in [6.45, 7) is 2.32. The number of aliphatic hydroxyl groups excluding tert-OH is 1. The lowest BCUT2D eigenvalue weighted by Gasteiger charge is -2.27. The van der Waals surface area contributed by atoms with Crippen LogP contribution in [0.1, 0.15) is 30.1 Å². The molecule has 1 aliphatic heterocycles. The smallest absolute Gasteiger partial charge is 0.123 e. The fourth-order valence-corrected chi connectivity index (χ4v) is 4.88. The van der Waals surface area contributed by atoms with Crippen molar-refractivity contribution >= 4 is 0 Å². The second-order valence-corrected chi connectivity index (χ2v) is 8.28. The molecule has 1 saturated heterocycles. The summed E-state index contributed by atoms with van der Waals surface area (Å²) in [7, 11) is 0. The maximum atomic E-state index is 13.1. The first-order chi connectivity index (χ1) is 12.9. The van der Waals surface area contributed by atoms with Gasteiger partial charge in [0.15, 0.2) is 0 Å². The fourth-order valence-electron chi connectivity index (χ4n) is 4.88. The molecule has 0 bridgehead atoms. The van der Waals surface area contributed by atoms with E-state index in [2.05, 4.69) is 4.90 Å². The molecule has 1 heterocycles. The number of phenols is 1. The number of aromatic hydroxyl groups is 1. The van der Waals surface area contributed by atoms with Crippen LogP contribution in [0, 0.1) is 17.7 Å². The molecule has 3 N–H and O–H groups in total. The third kappa shape index (κ3) is 4.15. The number of halogens is 1. The summed E-state index contributed by atoms with van der Waals surface area (Å²) >= 11 is 0. The molecule has 1 aliphatic carbocycles. The van der Waals surface area contributed by atoms with Gasteiger partial charge in [-0.25, -0.2) is 4.39 Å². The highest BCUT2D eigenvalue weighted by molar-refractivity contribution is 5.27. The summed E-state index contributed by atoms with van der Waals surface area (Å²) in [5, 5.41) is 30.8. The van der Waals surface area contributed by atoms with Crippen LogP contribution in [0.2, 0.25) is 0 Å². The normalized spacial score (nSPS) is 29.0. The third-order valence-corrected chi connectivity index (χ3v) is 6.09. The average Bonchev–Trinajstić information content (AvgIpc) is 3.11. The van der Waals surface area contributed by atoms with Crippen LogP contribution in [-0.4, -0.2) is 45.5 Å². The molecule has 2 aromatic rings. The molecule has 5 heteroatoms. The van der Waals surface area contributed by atoms with Crippen molar-refractivity contribution in [2.75, 3.05) is 19.6 Å². The summed E-state index contributed by atoms with van der Waals surface area (Å²) < 4.78 is 13.1. The van der Waals surface area contributed by atoms with Gasteiger partial charge in [-0.15, -0.1) is 0 Å². The second kappa shape index (κ2) is 7.23. The van der Waals surface area contributed by atoms with Gasteiger partial charge in [-0.2, -0.15) is 0 Å². The highest BCUT2D eigenvalue weighted by Crippen LogP contribution is 2.45. The van der Waals surface area contributed by atoms with Crippen LogP contribution < -0.4 is 0 Å². The minimum absolute atomic E-state index is 0.196. The van der Waals surface area contributed by atoms with Crippen LogP contribution in [-0.2, 0) is 6.42 Å². The van der Waals surface area contributed by atoms with Crippen molar-refractivity contribution in [3.63, 3.8) is 0 Å². The summed E-state index contributed by atoms with van der Waals surface area (Å²) in [5.41, 5.74) is 1.06. The van der Waals surface area contributed by atoms with Gasteiger partial charge < -0.3 is 15.3 Å². The van der Waals surface area contributed by atoms with E-state index in [1.165, 1.54) is 12.1 Å². The van der Waals surface area contributed by atoms with Crippen molar-refractivity contribution in [2.45, 2.75) is 31.0 Å². The van der Waals surface area contributed by atoms with Gasteiger partial charge in [0.1, 0.15) is 11.6 Å². The lowest BCUT2D eigenvalue weighted by atomic mass is 9.91. The third-order valence-electron chi connectivity index (χ3n) is 6.09. The SMILES string of the molecule is Oc1ccc(C(O)CN2CC3CC(O)(Cc4ccc(F)cc4)C[C@@H]3C2)cc1.